The van der Waals surface area contributed by atoms with Gasteiger partial charge in [-0.25, -0.2) is 4.79 Å². The number of likely N-dealkylation sites (N-methyl/N-ethyl adjacent to an activating group) is 1. The summed E-state index contributed by atoms with van der Waals surface area (Å²) in [4.78, 5) is 17.9. The number of aliphatic imine (C=N–C) groups is 1. The first-order valence-corrected chi connectivity index (χ1v) is 8.68. The molecule has 0 saturated carbocycles. The average Bonchev–Trinajstić information content (AvgIpc) is 2.93. The van der Waals surface area contributed by atoms with Gasteiger partial charge in [-0.15, -0.1) is 0 Å². The molecule has 1 rings (SSSR count). The Balaban J connectivity index is 2.39. The van der Waals surface area contributed by atoms with Crippen molar-refractivity contribution in [2.45, 2.75) is 32.4 Å². The summed E-state index contributed by atoms with van der Waals surface area (Å²) >= 11 is 0. The zero-order valence-electron chi connectivity index (χ0n) is 17.0. The third-order valence-electron chi connectivity index (χ3n) is 3.51. The number of aromatic nitrogens is 2. The van der Waals surface area contributed by atoms with Gasteiger partial charge in [-0.05, 0) is 34.9 Å². The van der Waals surface area contributed by atoms with Crippen LogP contribution in [0, 0.1) is 0 Å². The molecule has 148 valence electrons. The van der Waals surface area contributed by atoms with Crippen molar-refractivity contribution in [3.05, 3.63) is 18.0 Å². The van der Waals surface area contributed by atoms with Crippen molar-refractivity contribution >= 4 is 12.1 Å². The summed E-state index contributed by atoms with van der Waals surface area (Å²) in [6, 6.07) is 0.169. The van der Waals surface area contributed by atoms with E-state index >= 15 is 0 Å². The molecule has 0 fully saturated rings. The van der Waals surface area contributed by atoms with Crippen LogP contribution in [0.25, 0.3) is 0 Å². The minimum atomic E-state index is -0.497. The molecule has 0 aliphatic heterocycles. The minimum Gasteiger partial charge on any atom is -0.444 e. The van der Waals surface area contributed by atoms with Crippen molar-refractivity contribution < 1.29 is 9.53 Å². The molecule has 0 bridgehead atoms. The molecule has 0 saturated heterocycles. The molecule has 0 aliphatic rings. The van der Waals surface area contributed by atoms with E-state index in [0.717, 1.165) is 5.56 Å². The molecule has 1 aromatic heterocycles. The quantitative estimate of drug-likeness (QED) is 0.373. The van der Waals surface area contributed by atoms with Crippen LogP contribution in [0.15, 0.2) is 17.4 Å². The summed E-state index contributed by atoms with van der Waals surface area (Å²) in [6.45, 7) is 7.16. The zero-order valence-corrected chi connectivity index (χ0v) is 17.0. The Kier molecular flexibility index (Phi) is 8.37. The second-order valence-corrected chi connectivity index (χ2v) is 7.24. The molecule has 0 aliphatic carbocycles. The minimum absolute atomic E-state index is 0.169. The van der Waals surface area contributed by atoms with Crippen molar-refractivity contribution in [2.75, 3.05) is 40.8 Å². The first-order chi connectivity index (χ1) is 12.1. The van der Waals surface area contributed by atoms with Gasteiger partial charge in [0.25, 0.3) is 0 Å². The van der Waals surface area contributed by atoms with Gasteiger partial charge in [0.05, 0.1) is 12.2 Å². The zero-order chi connectivity index (χ0) is 19.7. The van der Waals surface area contributed by atoms with Crippen LogP contribution >= 0.6 is 0 Å². The van der Waals surface area contributed by atoms with Gasteiger partial charge < -0.3 is 25.6 Å². The van der Waals surface area contributed by atoms with Crippen molar-refractivity contribution in [1.82, 2.24) is 30.6 Å². The molecule has 1 heterocycles. The van der Waals surface area contributed by atoms with Crippen LogP contribution in [-0.4, -0.2) is 73.1 Å². The molecule has 1 amide bonds. The number of hydrogen-bond acceptors (Lipinski definition) is 5. The van der Waals surface area contributed by atoms with Crippen molar-refractivity contribution in [3.63, 3.8) is 0 Å². The number of nitrogens with one attached hydrogen (secondary N) is 3. The fraction of sp³-hybridized carbons (Fsp3) is 0.706. The monoisotopic (exact) mass is 367 g/mol. The number of rotatable bonds is 7. The lowest BCUT2D eigenvalue weighted by Gasteiger charge is -2.24. The van der Waals surface area contributed by atoms with E-state index in [1.165, 1.54) is 0 Å². The standard InChI is InChI=1S/C17H33N7O2/c1-17(2,3)26-16(25)20-9-8-19-15(18-4)21-11-14(23(5)6)13-10-22-24(7)12-13/h10,12,14H,8-9,11H2,1-7H3,(H,20,25)(H2,18,19,21). The largest absolute Gasteiger partial charge is 0.444 e. The second kappa shape index (κ2) is 10.0. The number of aryl methyl sites for hydroxylation is 1. The highest BCUT2D eigenvalue weighted by molar-refractivity contribution is 5.79. The Morgan fingerprint density at radius 1 is 1.31 bits per heavy atom. The number of nitrogens with zero attached hydrogens (tertiary/aromatic N) is 4. The van der Waals surface area contributed by atoms with E-state index < -0.39 is 11.7 Å². The van der Waals surface area contributed by atoms with Gasteiger partial charge >= 0.3 is 6.09 Å². The third kappa shape index (κ3) is 8.19. The molecular formula is C17H33N7O2. The predicted molar refractivity (Wildman–Crippen MR) is 103 cm³/mol. The summed E-state index contributed by atoms with van der Waals surface area (Å²) in [5.74, 6) is 0.673. The molecule has 0 spiro atoms. The van der Waals surface area contributed by atoms with Gasteiger partial charge in [-0.2, -0.15) is 5.10 Å². The molecule has 9 heteroatoms. The third-order valence-corrected chi connectivity index (χ3v) is 3.51. The van der Waals surface area contributed by atoms with Gasteiger partial charge in [0.15, 0.2) is 5.96 Å². The van der Waals surface area contributed by atoms with E-state index in [2.05, 4.69) is 30.9 Å². The fourth-order valence-corrected chi connectivity index (χ4v) is 2.28. The topological polar surface area (TPSA) is 95.8 Å². The molecule has 26 heavy (non-hydrogen) atoms. The lowest BCUT2D eigenvalue weighted by molar-refractivity contribution is 0.0529. The van der Waals surface area contributed by atoms with Crippen molar-refractivity contribution in [3.8, 4) is 0 Å². The van der Waals surface area contributed by atoms with E-state index in [0.29, 0.717) is 25.6 Å². The maximum absolute atomic E-state index is 11.6. The summed E-state index contributed by atoms with van der Waals surface area (Å²) in [7, 11) is 7.67. The van der Waals surface area contributed by atoms with Crippen molar-refractivity contribution in [1.29, 1.82) is 0 Å². The normalized spacial score (nSPS) is 13.5. The predicted octanol–water partition coefficient (Wildman–Crippen LogP) is 0.713. The lowest BCUT2D eigenvalue weighted by Crippen LogP contribution is -2.44. The van der Waals surface area contributed by atoms with E-state index in [9.17, 15) is 4.79 Å². The molecule has 1 aromatic rings. The SMILES string of the molecule is CN=C(NCCNC(=O)OC(C)(C)C)NCC(c1cnn(C)c1)N(C)C. The summed E-state index contributed by atoms with van der Waals surface area (Å²) in [5.41, 5.74) is 0.634. The Morgan fingerprint density at radius 2 is 1.96 bits per heavy atom. The fourth-order valence-electron chi connectivity index (χ4n) is 2.28. The van der Waals surface area contributed by atoms with Crippen LogP contribution in [0.3, 0.4) is 0 Å². The maximum Gasteiger partial charge on any atom is 0.407 e. The van der Waals surface area contributed by atoms with Crippen LogP contribution in [0.4, 0.5) is 4.79 Å². The van der Waals surface area contributed by atoms with E-state index in [1.54, 1.807) is 11.7 Å². The van der Waals surface area contributed by atoms with Gasteiger partial charge in [0, 0.05) is 45.5 Å². The van der Waals surface area contributed by atoms with Crippen LogP contribution in [0.2, 0.25) is 0 Å². The molecule has 0 aromatic carbocycles. The maximum atomic E-state index is 11.6. The summed E-state index contributed by atoms with van der Waals surface area (Å²) in [5, 5.41) is 13.4. The lowest BCUT2D eigenvalue weighted by atomic mass is 10.1. The number of hydrogen-bond donors (Lipinski definition) is 3. The molecule has 1 unspecified atom stereocenters. The van der Waals surface area contributed by atoms with E-state index in [4.69, 9.17) is 4.74 Å². The number of carbonyl (C=O) groups excluding carboxylic acids is 1. The van der Waals surface area contributed by atoms with Gasteiger partial charge in [-0.1, -0.05) is 0 Å². The van der Waals surface area contributed by atoms with Crippen LogP contribution in [0.5, 0.6) is 0 Å². The summed E-state index contributed by atoms with van der Waals surface area (Å²) < 4.78 is 6.98. The van der Waals surface area contributed by atoms with Crippen molar-refractivity contribution in [2.24, 2.45) is 12.0 Å². The smallest absolute Gasteiger partial charge is 0.407 e. The molecule has 9 nitrogen and oxygen atoms in total. The highest BCUT2D eigenvalue weighted by Crippen LogP contribution is 2.15. The number of ether oxygens (including phenoxy) is 1. The van der Waals surface area contributed by atoms with Gasteiger partial charge in [0.2, 0.25) is 0 Å². The Bertz CT molecular complexity index is 590. The van der Waals surface area contributed by atoms with Crippen LogP contribution in [0.1, 0.15) is 32.4 Å². The molecular weight excluding hydrogens is 334 g/mol. The van der Waals surface area contributed by atoms with Crippen LogP contribution in [-0.2, 0) is 11.8 Å². The van der Waals surface area contributed by atoms with Gasteiger partial charge in [-0.3, -0.25) is 9.67 Å². The Labute approximate surface area is 156 Å². The first-order valence-electron chi connectivity index (χ1n) is 8.68. The highest BCUT2D eigenvalue weighted by Gasteiger charge is 2.17. The molecule has 0 radical (unpaired) electrons. The average molecular weight is 367 g/mol. The van der Waals surface area contributed by atoms with E-state index in [1.807, 2.05) is 54.3 Å². The highest BCUT2D eigenvalue weighted by atomic mass is 16.6. The van der Waals surface area contributed by atoms with E-state index in [-0.39, 0.29) is 6.04 Å². The van der Waals surface area contributed by atoms with Crippen LogP contribution < -0.4 is 16.0 Å². The number of guanidine groups is 1. The second-order valence-electron chi connectivity index (χ2n) is 7.24. The first kappa shape index (κ1) is 21.8. The summed E-state index contributed by atoms with van der Waals surface area (Å²) in [6.07, 6.45) is 3.45. The van der Waals surface area contributed by atoms with Gasteiger partial charge in [0.1, 0.15) is 5.60 Å². The number of amides is 1. The Morgan fingerprint density at radius 3 is 2.46 bits per heavy atom. The number of carbonyl (C=O) groups is 1. The molecule has 1 atom stereocenters. The molecule has 3 N–H and O–H groups in total. The Hall–Kier alpha value is -2.29. The number of alkyl carbamates (subject to hydrolysis) is 1.